The number of hydrogen-bond acceptors (Lipinski definition) is 2. The molecule has 3 heteroatoms. The summed E-state index contributed by atoms with van der Waals surface area (Å²) in [5.41, 5.74) is 0. The van der Waals surface area contributed by atoms with E-state index in [9.17, 15) is 0 Å². The van der Waals surface area contributed by atoms with Crippen LogP contribution in [-0.2, 0) is 0 Å². The van der Waals surface area contributed by atoms with Crippen molar-refractivity contribution in [1.29, 1.82) is 0 Å². The summed E-state index contributed by atoms with van der Waals surface area (Å²) < 4.78 is 11.1. The number of unbranched alkanes of at least 4 members (excludes halogenated alkanes) is 2. The van der Waals surface area contributed by atoms with Gasteiger partial charge in [0.1, 0.15) is 11.5 Å². The number of hydrogen-bond donors (Lipinski definition) is 0. The normalized spacial score (nSPS) is 10.3. The highest BCUT2D eigenvalue weighted by Gasteiger charge is 2.04. The molecule has 1 aromatic rings. The van der Waals surface area contributed by atoms with Crippen LogP contribution in [0.15, 0.2) is 12.1 Å². The molecule has 1 rings (SSSR count). The molecular formula is C14H20ClO2. The first kappa shape index (κ1) is 14.2. The Morgan fingerprint density at radius 1 is 1.12 bits per heavy atom. The van der Waals surface area contributed by atoms with E-state index in [1.807, 2.05) is 0 Å². The highest BCUT2D eigenvalue weighted by molar-refractivity contribution is 6.32. The minimum Gasteiger partial charge on any atom is -0.493 e. The quantitative estimate of drug-likeness (QED) is 0.637. The average Bonchev–Trinajstić information content (AvgIpc) is 2.32. The van der Waals surface area contributed by atoms with Gasteiger partial charge in [0.05, 0.1) is 18.2 Å². The van der Waals surface area contributed by atoms with Crippen molar-refractivity contribution in [2.75, 3.05) is 13.2 Å². The SMILES string of the molecule is CCCCOc1[c]cc(OCCCC)c(Cl)c1. The van der Waals surface area contributed by atoms with E-state index in [0.717, 1.165) is 25.7 Å². The maximum Gasteiger partial charge on any atom is 0.138 e. The third-order valence-corrected chi connectivity index (χ3v) is 2.65. The summed E-state index contributed by atoms with van der Waals surface area (Å²) in [4.78, 5) is 0. The van der Waals surface area contributed by atoms with E-state index in [0.29, 0.717) is 29.7 Å². The summed E-state index contributed by atoms with van der Waals surface area (Å²) in [6.45, 7) is 5.66. The van der Waals surface area contributed by atoms with Crippen LogP contribution in [0.5, 0.6) is 11.5 Å². The minimum atomic E-state index is 0.589. The van der Waals surface area contributed by atoms with Gasteiger partial charge in [-0.3, -0.25) is 0 Å². The van der Waals surface area contributed by atoms with Gasteiger partial charge in [-0.15, -0.1) is 0 Å². The predicted octanol–water partition coefficient (Wildman–Crippen LogP) is 4.50. The fraction of sp³-hybridized carbons (Fsp3) is 0.571. The fourth-order valence-electron chi connectivity index (χ4n) is 1.28. The summed E-state index contributed by atoms with van der Waals surface area (Å²) >= 11 is 6.10. The van der Waals surface area contributed by atoms with Crippen LogP contribution in [0.4, 0.5) is 0 Å². The van der Waals surface area contributed by atoms with Crippen LogP contribution < -0.4 is 9.47 Å². The van der Waals surface area contributed by atoms with E-state index < -0.39 is 0 Å². The first-order chi connectivity index (χ1) is 8.27. The van der Waals surface area contributed by atoms with E-state index in [-0.39, 0.29) is 0 Å². The van der Waals surface area contributed by atoms with Gasteiger partial charge in [-0.2, -0.15) is 0 Å². The number of halogens is 1. The van der Waals surface area contributed by atoms with Crippen molar-refractivity contribution >= 4 is 11.6 Å². The van der Waals surface area contributed by atoms with Crippen LogP contribution in [-0.4, -0.2) is 13.2 Å². The summed E-state index contributed by atoms with van der Waals surface area (Å²) in [7, 11) is 0. The molecule has 0 atom stereocenters. The molecule has 95 valence electrons. The zero-order valence-electron chi connectivity index (χ0n) is 10.6. The van der Waals surface area contributed by atoms with E-state index in [2.05, 4.69) is 19.9 Å². The zero-order valence-corrected chi connectivity index (χ0v) is 11.3. The highest BCUT2D eigenvalue weighted by Crippen LogP contribution is 2.28. The van der Waals surface area contributed by atoms with E-state index >= 15 is 0 Å². The smallest absolute Gasteiger partial charge is 0.138 e. The molecule has 0 aliphatic rings. The van der Waals surface area contributed by atoms with Crippen LogP contribution >= 0.6 is 11.6 Å². The second-order valence-electron chi connectivity index (χ2n) is 3.91. The molecule has 0 N–H and O–H groups in total. The molecule has 0 fully saturated rings. The Morgan fingerprint density at radius 2 is 1.76 bits per heavy atom. The van der Waals surface area contributed by atoms with Gasteiger partial charge in [-0.1, -0.05) is 38.3 Å². The average molecular weight is 256 g/mol. The summed E-state index contributed by atoms with van der Waals surface area (Å²) in [5.74, 6) is 1.37. The van der Waals surface area contributed by atoms with E-state index in [1.54, 1.807) is 12.1 Å². The van der Waals surface area contributed by atoms with Crippen LogP contribution in [0.3, 0.4) is 0 Å². The first-order valence-electron chi connectivity index (χ1n) is 6.24. The predicted molar refractivity (Wildman–Crippen MR) is 71.1 cm³/mol. The van der Waals surface area contributed by atoms with E-state index in [1.165, 1.54) is 0 Å². The maximum absolute atomic E-state index is 6.10. The third kappa shape index (κ3) is 5.31. The molecule has 17 heavy (non-hydrogen) atoms. The Morgan fingerprint density at radius 3 is 2.35 bits per heavy atom. The minimum absolute atomic E-state index is 0.589. The number of benzene rings is 1. The molecule has 0 aromatic heterocycles. The Hall–Kier alpha value is -0.890. The molecule has 2 nitrogen and oxygen atoms in total. The molecule has 0 saturated heterocycles. The second kappa shape index (κ2) is 8.24. The van der Waals surface area contributed by atoms with Gasteiger partial charge in [0.25, 0.3) is 0 Å². The van der Waals surface area contributed by atoms with Gasteiger partial charge in [-0.05, 0) is 18.9 Å². The molecule has 0 saturated carbocycles. The van der Waals surface area contributed by atoms with Crippen LogP contribution in [0.25, 0.3) is 0 Å². The standard InChI is InChI=1S/C14H20ClO2/c1-3-5-9-16-12-7-8-14(13(15)11-12)17-10-6-4-2/h8,11H,3-6,9-10H2,1-2H3. The molecule has 1 aromatic carbocycles. The van der Waals surface area contributed by atoms with Crippen molar-refractivity contribution in [2.24, 2.45) is 0 Å². The van der Waals surface area contributed by atoms with Crippen molar-refractivity contribution in [3.8, 4) is 11.5 Å². The highest BCUT2D eigenvalue weighted by atomic mass is 35.5. The molecule has 0 aliphatic heterocycles. The lowest BCUT2D eigenvalue weighted by atomic mass is 10.3. The molecule has 0 unspecified atom stereocenters. The van der Waals surface area contributed by atoms with Gasteiger partial charge in [-0.25, -0.2) is 0 Å². The van der Waals surface area contributed by atoms with Crippen molar-refractivity contribution in [1.82, 2.24) is 0 Å². The van der Waals surface area contributed by atoms with Crippen molar-refractivity contribution in [3.63, 3.8) is 0 Å². The fourth-order valence-corrected chi connectivity index (χ4v) is 1.49. The summed E-state index contributed by atoms with van der Waals surface area (Å²) in [5, 5.41) is 0.589. The Bertz CT molecular complexity index is 326. The second-order valence-corrected chi connectivity index (χ2v) is 4.32. The van der Waals surface area contributed by atoms with Gasteiger partial charge in [0, 0.05) is 12.1 Å². The van der Waals surface area contributed by atoms with Crippen molar-refractivity contribution < 1.29 is 9.47 Å². The monoisotopic (exact) mass is 255 g/mol. The molecule has 0 heterocycles. The number of rotatable bonds is 8. The van der Waals surface area contributed by atoms with Gasteiger partial charge < -0.3 is 9.47 Å². The maximum atomic E-state index is 6.10. The summed E-state index contributed by atoms with van der Waals surface area (Å²) in [6.07, 6.45) is 4.30. The summed E-state index contributed by atoms with van der Waals surface area (Å²) in [6, 6.07) is 6.54. The van der Waals surface area contributed by atoms with Crippen molar-refractivity contribution in [3.05, 3.63) is 23.2 Å². The molecule has 0 aliphatic carbocycles. The Kier molecular flexibility index (Phi) is 6.87. The molecule has 1 radical (unpaired) electrons. The molecule has 0 spiro atoms. The lowest BCUT2D eigenvalue weighted by molar-refractivity contribution is 0.300. The lowest BCUT2D eigenvalue weighted by Gasteiger charge is -2.09. The molecule has 0 amide bonds. The van der Waals surface area contributed by atoms with Gasteiger partial charge in [0.15, 0.2) is 0 Å². The van der Waals surface area contributed by atoms with Crippen LogP contribution in [0.1, 0.15) is 39.5 Å². The van der Waals surface area contributed by atoms with Crippen LogP contribution in [0, 0.1) is 6.07 Å². The van der Waals surface area contributed by atoms with Gasteiger partial charge in [0.2, 0.25) is 0 Å². The largest absolute Gasteiger partial charge is 0.493 e. The zero-order chi connectivity index (χ0) is 12.5. The topological polar surface area (TPSA) is 18.5 Å². The van der Waals surface area contributed by atoms with Crippen molar-refractivity contribution in [2.45, 2.75) is 39.5 Å². The lowest BCUT2D eigenvalue weighted by Crippen LogP contribution is -1.99. The van der Waals surface area contributed by atoms with E-state index in [4.69, 9.17) is 21.1 Å². The third-order valence-electron chi connectivity index (χ3n) is 2.35. The van der Waals surface area contributed by atoms with Crippen LogP contribution in [0.2, 0.25) is 5.02 Å². The molecular weight excluding hydrogens is 236 g/mol. The van der Waals surface area contributed by atoms with Gasteiger partial charge >= 0.3 is 0 Å². The molecule has 0 bridgehead atoms. The Labute approximate surface area is 109 Å². The Balaban J connectivity index is 2.47. The number of ether oxygens (including phenoxy) is 2. The first-order valence-corrected chi connectivity index (χ1v) is 6.62.